The van der Waals surface area contributed by atoms with Crippen LogP contribution in [0.5, 0.6) is 5.88 Å². The van der Waals surface area contributed by atoms with Gasteiger partial charge in [-0.1, -0.05) is 47.5 Å². The molecule has 0 amide bonds. The molecule has 0 radical (unpaired) electrons. The SMILES string of the molecule is CCCCCSc1nnc2c(n1)O[C@H](c1ccncc1)Nc1ccc(Br)cc1-2. The second-order valence-electron chi connectivity index (χ2n) is 6.42. The van der Waals surface area contributed by atoms with Gasteiger partial charge in [-0.05, 0) is 36.8 Å². The number of hydrogen-bond acceptors (Lipinski definition) is 7. The van der Waals surface area contributed by atoms with Crippen LogP contribution in [0.2, 0.25) is 0 Å². The topological polar surface area (TPSA) is 72.8 Å². The molecule has 2 aromatic heterocycles. The van der Waals surface area contributed by atoms with Gasteiger partial charge in [0.25, 0.3) is 0 Å². The first-order valence-electron chi connectivity index (χ1n) is 9.25. The molecule has 1 aliphatic rings. The molecule has 0 saturated carbocycles. The van der Waals surface area contributed by atoms with E-state index in [0.29, 0.717) is 16.7 Å². The molecular weight excluding hydrogens is 438 g/mol. The fourth-order valence-electron chi connectivity index (χ4n) is 2.94. The number of halogens is 1. The summed E-state index contributed by atoms with van der Waals surface area (Å²) in [7, 11) is 0. The molecule has 6 nitrogen and oxygen atoms in total. The Labute approximate surface area is 176 Å². The molecule has 0 aliphatic carbocycles. The number of unbranched alkanes of at least 4 members (excludes halogenated alkanes) is 2. The lowest BCUT2D eigenvalue weighted by atomic mass is 10.1. The summed E-state index contributed by atoms with van der Waals surface area (Å²) in [5, 5.41) is 12.9. The Balaban J connectivity index is 1.71. The lowest BCUT2D eigenvalue weighted by molar-refractivity contribution is 0.225. The van der Waals surface area contributed by atoms with E-state index in [1.54, 1.807) is 24.2 Å². The summed E-state index contributed by atoms with van der Waals surface area (Å²) in [6.45, 7) is 2.20. The van der Waals surface area contributed by atoms with E-state index in [2.05, 4.69) is 48.3 Å². The maximum absolute atomic E-state index is 6.25. The molecule has 0 bridgehead atoms. The Morgan fingerprint density at radius 3 is 2.82 bits per heavy atom. The van der Waals surface area contributed by atoms with E-state index in [4.69, 9.17) is 4.74 Å². The van der Waals surface area contributed by atoms with Gasteiger partial charge >= 0.3 is 0 Å². The Bertz CT molecular complexity index is 957. The molecule has 0 fully saturated rings. The van der Waals surface area contributed by atoms with Crippen LogP contribution < -0.4 is 10.1 Å². The van der Waals surface area contributed by atoms with Crippen molar-refractivity contribution in [2.24, 2.45) is 0 Å². The first kappa shape index (κ1) is 19.1. The molecule has 4 rings (SSSR count). The molecular formula is C20H20BrN5OS. The number of ether oxygens (including phenoxy) is 1. The molecule has 0 spiro atoms. The minimum Gasteiger partial charge on any atom is -0.448 e. The zero-order valence-corrected chi connectivity index (χ0v) is 17.8. The van der Waals surface area contributed by atoms with Crippen LogP contribution in [0.25, 0.3) is 11.3 Å². The van der Waals surface area contributed by atoms with Gasteiger partial charge in [0, 0.05) is 39.4 Å². The van der Waals surface area contributed by atoms with Crippen LogP contribution in [-0.4, -0.2) is 25.9 Å². The largest absolute Gasteiger partial charge is 0.448 e. The van der Waals surface area contributed by atoms with Crippen LogP contribution in [0.1, 0.15) is 38.0 Å². The maximum Gasteiger partial charge on any atom is 0.247 e. The molecule has 1 atom stereocenters. The summed E-state index contributed by atoms with van der Waals surface area (Å²) < 4.78 is 7.21. The third-order valence-electron chi connectivity index (χ3n) is 4.38. The van der Waals surface area contributed by atoms with E-state index in [0.717, 1.165) is 33.5 Å². The second kappa shape index (κ2) is 8.87. The van der Waals surface area contributed by atoms with Crippen LogP contribution in [0.4, 0.5) is 5.69 Å². The zero-order valence-electron chi connectivity index (χ0n) is 15.4. The van der Waals surface area contributed by atoms with Gasteiger partial charge in [0.1, 0.15) is 0 Å². The van der Waals surface area contributed by atoms with Gasteiger partial charge < -0.3 is 10.1 Å². The van der Waals surface area contributed by atoms with Gasteiger partial charge in [0.05, 0.1) is 0 Å². The van der Waals surface area contributed by atoms with E-state index >= 15 is 0 Å². The van der Waals surface area contributed by atoms with E-state index in [9.17, 15) is 0 Å². The number of nitrogens with zero attached hydrogens (tertiary/aromatic N) is 4. The highest BCUT2D eigenvalue weighted by molar-refractivity contribution is 9.10. The third kappa shape index (κ3) is 4.28. The Morgan fingerprint density at radius 1 is 1.14 bits per heavy atom. The molecule has 8 heteroatoms. The minimum absolute atomic E-state index is 0.390. The lowest BCUT2D eigenvalue weighted by Crippen LogP contribution is -2.17. The summed E-state index contributed by atoms with van der Waals surface area (Å²) in [6.07, 6.45) is 6.65. The highest BCUT2D eigenvalue weighted by Crippen LogP contribution is 2.40. The van der Waals surface area contributed by atoms with E-state index < -0.39 is 0 Å². The fourth-order valence-corrected chi connectivity index (χ4v) is 4.07. The van der Waals surface area contributed by atoms with E-state index in [1.165, 1.54) is 12.8 Å². The number of benzene rings is 1. The number of nitrogens with one attached hydrogen (secondary N) is 1. The highest BCUT2D eigenvalue weighted by Gasteiger charge is 2.26. The average Bonchev–Trinajstić information content (AvgIpc) is 2.88. The monoisotopic (exact) mass is 457 g/mol. The number of thioether (sulfide) groups is 1. The van der Waals surface area contributed by atoms with Gasteiger partial charge in [-0.2, -0.15) is 4.98 Å². The molecule has 3 aromatic rings. The van der Waals surface area contributed by atoms with Crippen LogP contribution >= 0.6 is 27.7 Å². The van der Waals surface area contributed by atoms with E-state index in [1.807, 2.05) is 30.3 Å². The Kier molecular flexibility index (Phi) is 6.07. The van der Waals surface area contributed by atoms with Crippen LogP contribution in [-0.2, 0) is 0 Å². The number of anilines is 1. The van der Waals surface area contributed by atoms with Crippen molar-refractivity contribution in [3.63, 3.8) is 0 Å². The summed E-state index contributed by atoms with van der Waals surface area (Å²) in [5.41, 5.74) is 3.43. The summed E-state index contributed by atoms with van der Waals surface area (Å²) in [6, 6.07) is 9.84. The molecule has 1 aromatic carbocycles. The first-order valence-corrected chi connectivity index (χ1v) is 11.0. The van der Waals surface area contributed by atoms with Gasteiger partial charge in [-0.3, -0.25) is 4.98 Å². The summed E-state index contributed by atoms with van der Waals surface area (Å²) in [5.74, 6) is 1.46. The normalized spacial score (nSPS) is 15.0. The minimum atomic E-state index is -0.390. The van der Waals surface area contributed by atoms with Crippen LogP contribution in [0.15, 0.2) is 52.4 Å². The molecule has 0 saturated heterocycles. The molecule has 1 N–H and O–H groups in total. The van der Waals surface area contributed by atoms with Crippen molar-refractivity contribution >= 4 is 33.4 Å². The van der Waals surface area contributed by atoms with Crippen molar-refractivity contribution in [2.45, 2.75) is 37.6 Å². The molecule has 0 unspecified atom stereocenters. The standard InChI is InChI=1S/C20H20BrN5OS/c1-2-3-4-11-28-20-24-19-17(25-26-20)15-12-14(21)5-6-16(15)23-18(27-19)13-7-9-22-10-8-13/h5-10,12,18,23H,2-4,11H2,1H3/t18-/m1/s1. The van der Waals surface area contributed by atoms with Crippen molar-refractivity contribution in [3.05, 3.63) is 52.8 Å². The van der Waals surface area contributed by atoms with Crippen LogP contribution in [0.3, 0.4) is 0 Å². The molecule has 28 heavy (non-hydrogen) atoms. The molecule has 144 valence electrons. The van der Waals surface area contributed by atoms with Crippen molar-refractivity contribution in [3.8, 4) is 17.1 Å². The first-order chi connectivity index (χ1) is 13.7. The Morgan fingerprint density at radius 2 is 2.00 bits per heavy atom. The predicted octanol–water partition coefficient (Wildman–Crippen LogP) is 5.48. The maximum atomic E-state index is 6.25. The highest BCUT2D eigenvalue weighted by atomic mass is 79.9. The average molecular weight is 458 g/mol. The van der Waals surface area contributed by atoms with Crippen molar-refractivity contribution in [1.82, 2.24) is 20.2 Å². The van der Waals surface area contributed by atoms with Crippen molar-refractivity contribution in [1.29, 1.82) is 0 Å². The lowest BCUT2D eigenvalue weighted by Gasteiger charge is -2.19. The predicted molar refractivity (Wildman–Crippen MR) is 114 cm³/mol. The molecule has 3 heterocycles. The fraction of sp³-hybridized carbons (Fsp3) is 0.300. The van der Waals surface area contributed by atoms with E-state index in [-0.39, 0.29) is 6.23 Å². The number of pyridine rings is 1. The number of hydrogen-bond donors (Lipinski definition) is 1. The summed E-state index contributed by atoms with van der Waals surface area (Å²) in [4.78, 5) is 8.77. The Hall–Kier alpha value is -2.19. The van der Waals surface area contributed by atoms with Crippen LogP contribution in [0, 0.1) is 0 Å². The summed E-state index contributed by atoms with van der Waals surface area (Å²) >= 11 is 5.16. The third-order valence-corrected chi connectivity index (χ3v) is 5.79. The smallest absolute Gasteiger partial charge is 0.247 e. The van der Waals surface area contributed by atoms with Gasteiger partial charge in [-0.15, -0.1) is 10.2 Å². The number of fused-ring (bicyclic) bond motifs is 3. The number of aromatic nitrogens is 4. The van der Waals surface area contributed by atoms with Gasteiger partial charge in [0.15, 0.2) is 11.9 Å². The van der Waals surface area contributed by atoms with Gasteiger partial charge in [0.2, 0.25) is 11.0 Å². The number of rotatable bonds is 6. The van der Waals surface area contributed by atoms with Gasteiger partial charge in [-0.25, -0.2) is 0 Å². The molecule has 1 aliphatic heterocycles. The van der Waals surface area contributed by atoms with Crippen molar-refractivity contribution < 1.29 is 4.74 Å². The zero-order chi connectivity index (χ0) is 19.3. The van der Waals surface area contributed by atoms with Crippen molar-refractivity contribution in [2.75, 3.05) is 11.1 Å². The quantitative estimate of drug-likeness (QED) is 0.387. The second-order valence-corrected chi connectivity index (χ2v) is 8.39.